The number of aromatic nitrogens is 3. The van der Waals surface area contributed by atoms with Crippen molar-refractivity contribution in [3.05, 3.63) is 101 Å². The SMILES string of the molecule is Cc1cccnc1[C@@H]1CCC[C@H](c2cn3ccccc3n2)N1CCCCN1C(=O)c2ccccc2C1=O. The van der Waals surface area contributed by atoms with Gasteiger partial charge < -0.3 is 4.40 Å². The van der Waals surface area contributed by atoms with Crippen LogP contribution in [0.5, 0.6) is 0 Å². The van der Waals surface area contributed by atoms with Gasteiger partial charge in [0, 0.05) is 25.1 Å². The van der Waals surface area contributed by atoms with Crippen molar-refractivity contribution in [3.63, 3.8) is 0 Å². The highest BCUT2D eigenvalue weighted by molar-refractivity contribution is 6.21. The molecule has 0 spiro atoms. The Hall–Kier alpha value is -3.84. The maximum Gasteiger partial charge on any atom is 0.261 e. The molecular formula is C30H31N5O2. The minimum Gasteiger partial charge on any atom is -0.307 e. The van der Waals surface area contributed by atoms with Gasteiger partial charge in [0.05, 0.1) is 34.6 Å². The predicted molar refractivity (Wildman–Crippen MR) is 141 cm³/mol. The van der Waals surface area contributed by atoms with Crippen LogP contribution < -0.4 is 0 Å². The topological polar surface area (TPSA) is 70.8 Å². The summed E-state index contributed by atoms with van der Waals surface area (Å²) < 4.78 is 2.09. The Morgan fingerprint density at radius 2 is 1.59 bits per heavy atom. The summed E-state index contributed by atoms with van der Waals surface area (Å²) in [5, 5.41) is 0. The number of fused-ring (bicyclic) bond motifs is 2. The zero-order chi connectivity index (χ0) is 25.4. The molecule has 2 aliphatic heterocycles. The lowest BCUT2D eigenvalue weighted by molar-refractivity contribution is 0.0625. The number of hydrogen-bond donors (Lipinski definition) is 0. The first-order chi connectivity index (χ1) is 18.1. The summed E-state index contributed by atoms with van der Waals surface area (Å²) in [6, 6.07) is 17.7. The summed E-state index contributed by atoms with van der Waals surface area (Å²) in [6.45, 7) is 3.42. The lowest BCUT2D eigenvalue weighted by atomic mass is 9.90. The van der Waals surface area contributed by atoms with E-state index in [9.17, 15) is 9.59 Å². The van der Waals surface area contributed by atoms with Gasteiger partial charge in [-0.15, -0.1) is 0 Å². The van der Waals surface area contributed by atoms with E-state index in [0.29, 0.717) is 17.7 Å². The van der Waals surface area contributed by atoms with E-state index in [4.69, 9.17) is 9.97 Å². The molecule has 2 atom stereocenters. The van der Waals surface area contributed by atoms with Crippen molar-refractivity contribution in [2.75, 3.05) is 13.1 Å². The summed E-state index contributed by atoms with van der Waals surface area (Å²) in [5.41, 5.74) is 5.42. The number of imide groups is 1. The number of benzene rings is 1. The van der Waals surface area contributed by atoms with Crippen LogP contribution >= 0.6 is 0 Å². The number of imidazole rings is 1. The van der Waals surface area contributed by atoms with E-state index >= 15 is 0 Å². The van der Waals surface area contributed by atoms with Crippen molar-refractivity contribution in [2.45, 2.75) is 51.1 Å². The lowest BCUT2D eigenvalue weighted by Crippen LogP contribution is -2.38. The zero-order valence-corrected chi connectivity index (χ0v) is 21.1. The molecule has 4 aromatic rings. The van der Waals surface area contributed by atoms with Crippen LogP contribution in [0.15, 0.2) is 73.2 Å². The molecule has 0 radical (unpaired) electrons. The second kappa shape index (κ2) is 9.90. The van der Waals surface area contributed by atoms with Crippen molar-refractivity contribution >= 4 is 17.5 Å². The molecule has 37 heavy (non-hydrogen) atoms. The third-order valence-corrected chi connectivity index (χ3v) is 7.77. The Morgan fingerprint density at radius 1 is 0.865 bits per heavy atom. The fraction of sp³-hybridized carbons (Fsp3) is 0.333. The maximum absolute atomic E-state index is 12.8. The van der Waals surface area contributed by atoms with Gasteiger partial charge in [-0.25, -0.2) is 4.98 Å². The van der Waals surface area contributed by atoms with Gasteiger partial charge in [0.2, 0.25) is 0 Å². The average molecular weight is 494 g/mol. The van der Waals surface area contributed by atoms with Crippen molar-refractivity contribution in [1.82, 2.24) is 24.2 Å². The molecule has 0 saturated carbocycles. The molecule has 7 heteroatoms. The molecule has 7 nitrogen and oxygen atoms in total. The van der Waals surface area contributed by atoms with Crippen LogP contribution in [-0.4, -0.2) is 49.1 Å². The largest absolute Gasteiger partial charge is 0.307 e. The number of likely N-dealkylation sites (tertiary alicyclic amines) is 1. The van der Waals surface area contributed by atoms with E-state index in [1.807, 2.05) is 48.8 Å². The van der Waals surface area contributed by atoms with E-state index in [0.717, 1.165) is 55.7 Å². The van der Waals surface area contributed by atoms with Crippen LogP contribution in [0, 0.1) is 6.92 Å². The van der Waals surface area contributed by atoms with E-state index in [1.165, 1.54) is 10.5 Å². The number of rotatable bonds is 7. The smallest absolute Gasteiger partial charge is 0.261 e. The van der Waals surface area contributed by atoms with Crippen molar-refractivity contribution in [3.8, 4) is 0 Å². The van der Waals surface area contributed by atoms with E-state index in [2.05, 4.69) is 28.5 Å². The number of carbonyl (C=O) groups excluding carboxylic acids is 2. The maximum atomic E-state index is 12.8. The van der Waals surface area contributed by atoms with Gasteiger partial charge in [0.25, 0.3) is 11.8 Å². The molecule has 0 bridgehead atoms. The first kappa shape index (κ1) is 23.6. The fourth-order valence-electron chi connectivity index (χ4n) is 5.94. The molecule has 188 valence electrons. The zero-order valence-electron chi connectivity index (χ0n) is 21.1. The van der Waals surface area contributed by atoms with Crippen LogP contribution in [-0.2, 0) is 0 Å². The van der Waals surface area contributed by atoms with Gasteiger partial charge in [0.1, 0.15) is 5.65 Å². The molecule has 1 saturated heterocycles. The number of pyridine rings is 2. The van der Waals surface area contributed by atoms with Crippen LogP contribution in [0.1, 0.15) is 81.9 Å². The molecule has 5 heterocycles. The molecular weight excluding hydrogens is 462 g/mol. The Morgan fingerprint density at radius 3 is 2.35 bits per heavy atom. The van der Waals surface area contributed by atoms with Crippen molar-refractivity contribution in [2.24, 2.45) is 0 Å². The molecule has 3 aromatic heterocycles. The molecule has 0 unspecified atom stereocenters. The van der Waals surface area contributed by atoms with Gasteiger partial charge in [-0.2, -0.15) is 0 Å². The molecule has 2 aliphatic rings. The fourth-order valence-corrected chi connectivity index (χ4v) is 5.94. The number of unbranched alkanes of at least 4 members (excludes halogenated alkanes) is 1. The number of amides is 2. The Bertz CT molecular complexity index is 1390. The summed E-state index contributed by atoms with van der Waals surface area (Å²) in [7, 11) is 0. The number of piperidine rings is 1. The summed E-state index contributed by atoms with van der Waals surface area (Å²) in [5.74, 6) is -0.355. The monoisotopic (exact) mass is 493 g/mol. The lowest BCUT2D eigenvalue weighted by Gasteiger charge is -2.42. The summed E-state index contributed by atoms with van der Waals surface area (Å²) in [6.07, 6.45) is 10.9. The highest BCUT2D eigenvalue weighted by Crippen LogP contribution is 2.41. The standard InChI is InChI=1S/C30H31N5O2/c1-21-10-9-16-31-28(21)26-14-8-13-25(24-20-33-17-5-4-15-27(33)32-24)34(26)18-6-7-19-35-29(36)22-11-2-3-12-23(22)30(35)37/h2-5,9-12,15-17,20,25-26H,6-8,13-14,18-19H2,1H3/t25-,26+/m1/s1. The third kappa shape index (κ3) is 4.33. The number of aryl methyl sites for hydroxylation is 1. The third-order valence-electron chi connectivity index (χ3n) is 7.77. The minimum absolute atomic E-state index is 0.178. The van der Waals surface area contributed by atoms with Gasteiger partial charge in [-0.3, -0.25) is 24.4 Å². The van der Waals surface area contributed by atoms with Crippen LogP contribution in [0.3, 0.4) is 0 Å². The Labute approximate surface area is 216 Å². The van der Waals surface area contributed by atoms with E-state index < -0.39 is 0 Å². The molecule has 2 amide bonds. The minimum atomic E-state index is -0.178. The second-order valence-electron chi connectivity index (χ2n) is 10.1. The molecule has 1 fully saturated rings. The van der Waals surface area contributed by atoms with Gasteiger partial charge in [-0.05, 0) is 81.5 Å². The number of nitrogens with zero attached hydrogens (tertiary/aromatic N) is 5. The van der Waals surface area contributed by atoms with E-state index in [1.54, 1.807) is 12.1 Å². The summed E-state index contributed by atoms with van der Waals surface area (Å²) in [4.78, 5) is 39.3. The quantitative estimate of drug-likeness (QED) is 0.255. The van der Waals surface area contributed by atoms with Crippen molar-refractivity contribution < 1.29 is 9.59 Å². The number of carbonyl (C=O) groups is 2. The Kier molecular flexibility index (Phi) is 6.30. The number of hydrogen-bond acceptors (Lipinski definition) is 5. The predicted octanol–water partition coefficient (Wildman–Crippen LogP) is 5.38. The summed E-state index contributed by atoms with van der Waals surface area (Å²) >= 11 is 0. The first-order valence-electron chi connectivity index (χ1n) is 13.2. The van der Waals surface area contributed by atoms with Crippen molar-refractivity contribution in [1.29, 1.82) is 0 Å². The molecule has 0 aliphatic carbocycles. The molecule has 6 rings (SSSR count). The normalized spacial score (nSPS) is 20.1. The molecule has 0 N–H and O–H groups in total. The highest BCUT2D eigenvalue weighted by Gasteiger charge is 2.36. The molecule has 1 aromatic carbocycles. The second-order valence-corrected chi connectivity index (χ2v) is 10.1. The van der Waals surface area contributed by atoms with Gasteiger partial charge in [-0.1, -0.05) is 24.3 Å². The highest BCUT2D eigenvalue weighted by atomic mass is 16.2. The van der Waals surface area contributed by atoms with E-state index in [-0.39, 0.29) is 23.9 Å². The first-order valence-corrected chi connectivity index (χ1v) is 13.2. The van der Waals surface area contributed by atoms with Gasteiger partial charge in [0.15, 0.2) is 0 Å². The average Bonchev–Trinajstić information content (AvgIpc) is 3.46. The van der Waals surface area contributed by atoms with Crippen LogP contribution in [0.25, 0.3) is 5.65 Å². The Balaban J connectivity index is 1.21. The van der Waals surface area contributed by atoms with Gasteiger partial charge >= 0.3 is 0 Å². The van der Waals surface area contributed by atoms with Crippen LogP contribution in [0.2, 0.25) is 0 Å². The van der Waals surface area contributed by atoms with Crippen LogP contribution in [0.4, 0.5) is 0 Å².